The number of methoxy groups -OCH3 is 1. The first-order valence-electron chi connectivity index (χ1n) is 11.0. The number of nitrogens with zero attached hydrogens (tertiary/aromatic N) is 1. The molecule has 0 spiro atoms. The first-order chi connectivity index (χ1) is 16.9. The molecule has 0 aromatic rings. The van der Waals surface area contributed by atoms with Crippen LogP contribution in [0.25, 0.3) is 0 Å². The van der Waals surface area contributed by atoms with E-state index in [1.165, 1.54) is 14.0 Å². The first-order valence-corrected chi connectivity index (χ1v) is 13.3. The number of carbonyl (C=O) groups excluding carboxylic acids is 3. The van der Waals surface area contributed by atoms with Crippen molar-refractivity contribution in [3.63, 3.8) is 0 Å². The highest BCUT2D eigenvalue weighted by Gasteiger charge is 2.72. The van der Waals surface area contributed by atoms with Gasteiger partial charge in [0.15, 0.2) is 5.72 Å². The van der Waals surface area contributed by atoms with Gasteiger partial charge >= 0.3 is 6.09 Å². The van der Waals surface area contributed by atoms with Gasteiger partial charge < -0.3 is 51.6 Å². The molecule has 202 valence electrons. The Hall–Kier alpha value is -1.59. The van der Waals surface area contributed by atoms with Crippen molar-refractivity contribution in [2.75, 3.05) is 30.9 Å². The number of primary amides is 1. The quantitative estimate of drug-likeness (QED) is 0.0834. The Morgan fingerprint density at radius 3 is 2.19 bits per heavy atom. The van der Waals surface area contributed by atoms with E-state index < -0.39 is 47.9 Å². The molecule has 1 amide bonds. The number of nitrogens with two attached hydrogens (primary N) is 2. The summed E-state index contributed by atoms with van der Waals surface area (Å²) in [5.74, 6) is -1.34. The molecule has 1 aliphatic carbocycles. The summed E-state index contributed by atoms with van der Waals surface area (Å²) in [5.41, 5.74) is 10.7. The Bertz CT molecular complexity index is 978. The second-order valence-electron chi connectivity index (χ2n) is 8.88. The lowest BCUT2D eigenvalue weighted by atomic mass is 9.82. The summed E-state index contributed by atoms with van der Waals surface area (Å²) < 4.78 is 10.8. The number of carbonyl (C=O) groups is 3. The highest BCUT2D eigenvalue weighted by molar-refractivity contribution is 9.09. The number of allylic oxidation sites excluding steroid dienone is 2. The van der Waals surface area contributed by atoms with Gasteiger partial charge in [-0.3, -0.25) is 9.59 Å². The second-order valence-corrected chi connectivity index (χ2v) is 10.2. The Labute approximate surface area is 223 Å². The van der Waals surface area contributed by atoms with E-state index in [0.717, 1.165) is 0 Å². The molecular weight excluding hydrogens is 612 g/mol. The number of rotatable bonds is 8. The molecule has 0 bridgehead atoms. The maximum Gasteiger partial charge on any atom is 0.404 e. The molecule has 0 aromatic heterocycles. The molecule has 3 aliphatic heterocycles. The normalized spacial score (nSPS) is 31.7. The summed E-state index contributed by atoms with van der Waals surface area (Å²) in [5, 5.41) is 40.1. The van der Waals surface area contributed by atoms with Gasteiger partial charge in [0.05, 0.1) is 35.6 Å². The lowest BCUT2D eigenvalue weighted by Gasteiger charge is -2.39. The largest absolute Gasteiger partial charge is 0.449 e. The number of aliphatic hydroxyl groups excluding tert-OH is 4. The fourth-order valence-corrected chi connectivity index (χ4v) is 5.71. The summed E-state index contributed by atoms with van der Waals surface area (Å²) in [6, 6.07) is 0.109. The van der Waals surface area contributed by atoms with Crippen LogP contribution in [0.4, 0.5) is 4.79 Å². The maximum atomic E-state index is 12.8. The molecule has 15 heteroatoms. The number of nitrogens with one attached hydrogen (secondary N) is 1. The number of ether oxygens (including phenoxy) is 2. The molecule has 4 aliphatic rings. The lowest BCUT2D eigenvalue weighted by Crippen LogP contribution is -2.55. The fourth-order valence-electron chi connectivity index (χ4n) is 4.95. The van der Waals surface area contributed by atoms with Gasteiger partial charge in [-0.15, -0.1) is 0 Å². The van der Waals surface area contributed by atoms with Crippen molar-refractivity contribution in [1.29, 1.82) is 0 Å². The highest BCUT2D eigenvalue weighted by atomic mass is 79.9. The van der Waals surface area contributed by atoms with Crippen LogP contribution in [0.15, 0.2) is 22.5 Å². The minimum absolute atomic E-state index is 0.0586. The summed E-state index contributed by atoms with van der Waals surface area (Å²) in [6.07, 6.45) is -5.77. The lowest BCUT2D eigenvalue weighted by molar-refractivity contribution is -0.137. The molecular formula is C21H30Br2N4O9. The van der Waals surface area contributed by atoms with Crippen LogP contribution in [-0.2, 0) is 19.1 Å². The zero-order valence-corrected chi connectivity index (χ0v) is 22.7. The van der Waals surface area contributed by atoms with E-state index in [1.54, 1.807) is 0 Å². The number of ketones is 2. The summed E-state index contributed by atoms with van der Waals surface area (Å²) in [4.78, 5) is 38.4. The Morgan fingerprint density at radius 1 is 1.17 bits per heavy atom. The number of alkyl halides is 2. The zero-order valence-electron chi connectivity index (χ0n) is 19.6. The molecule has 0 aromatic carbocycles. The van der Waals surface area contributed by atoms with Crippen LogP contribution >= 0.6 is 31.9 Å². The summed E-state index contributed by atoms with van der Waals surface area (Å²) in [7, 11) is 1.52. The second kappa shape index (κ2) is 11.0. The van der Waals surface area contributed by atoms with Crippen LogP contribution in [0.2, 0.25) is 0 Å². The number of hydrogen-bond donors (Lipinski definition) is 7. The van der Waals surface area contributed by atoms with Crippen molar-refractivity contribution in [3.8, 4) is 0 Å². The van der Waals surface area contributed by atoms with Crippen LogP contribution in [0.1, 0.15) is 6.92 Å². The maximum absolute atomic E-state index is 12.8. The van der Waals surface area contributed by atoms with Crippen LogP contribution in [-0.4, -0.2) is 116 Å². The van der Waals surface area contributed by atoms with Gasteiger partial charge in [0.1, 0.15) is 18.8 Å². The standard InChI is InChI=1S/C15H18N4O5.C6H12Br2O4/c1-5-9(16)12(21)8-6(4-24-14(17)22)15(23-2)13-7(18-13)3-19(15)10(8)11(5)20;7-1-3(9)5(11)6(12)4(10)2-8/h6-7,13,18H,3-4,16H2,1-2H3,(H2,17,22);3-6,9-12H,1-2H2/t6-,7+,13+,15-;/m1./s1. The fraction of sp³-hybridized carbons (Fsp3) is 0.667. The van der Waals surface area contributed by atoms with Gasteiger partial charge in [0, 0.05) is 41.5 Å². The van der Waals surface area contributed by atoms with Crippen LogP contribution in [0.3, 0.4) is 0 Å². The average molecular weight is 642 g/mol. The van der Waals surface area contributed by atoms with Crippen molar-refractivity contribution >= 4 is 49.5 Å². The number of piperazine rings is 1. The third kappa shape index (κ3) is 4.71. The summed E-state index contributed by atoms with van der Waals surface area (Å²) >= 11 is 5.88. The third-order valence-electron chi connectivity index (χ3n) is 6.93. The van der Waals surface area contributed by atoms with Gasteiger partial charge in [-0.05, 0) is 6.92 Å². The van der Waals surface area contributed by atoms with Gasteiger partial charge in [0.25, 0.3) is 0 Å². The van der Waals surface area contributed by atoms with E-state index in [0.29, 0.717) is 12.2 Å². The highest BCUT2D eigenvalue weighted by Crippen LogP contribution is 2.55. The molecule has 0 radical (unpaired) electrons. The number of Topliss-reactive ketones (excluding diaryl/α,β-unsaturated/α-hetero) is 2. The van der Waals surface area contributed by atoms with Crippen LogP contribution in [0.5, 0.6) is 0 Å². The number of aliphatic hydroxyl groups is 4. The number of amides is 1. The predicted molar refractivity (Wildman–Crippen MR) is 132 cm³/mol. The van der Waals surface area contributed by atoms with Gasteiger partial charge in [0.2, 0.25) is 11.6 Å². The van der Waals surface area contributed by atoms with Crippen molar-refractivity contribution in [1.82, 2.24) is 10.2 Å². The molecule has 0 saturated carbocycles. The van der Waals surface area contributed by atoms with Crippen molar-refractivity contribution in [2.24, 2.45) is 17.4 Å². The molecule has 2 fully saturated rings. The van der Waals surface area contributed by atoms with Crippen LogP contribution < -0.4 is 16.8 Å². The molecule has 13 nitrogen and oxygen atoms in total. The molecule has 4 rings (SSSR count). The van der Waals surface area contributed by atoms with Gasteiger partial charge in [-0.25, -0.2) is 4.79 Å². The van der Waals surface area contributed by atoms with E-state index in [9.17, 15) is 24.6 Å². The number of hydrogen-bond acceptors (Lipinski definition) is 12. The molecule has 4 unspecified atom stereocenters. The SMILES string of the molecule is CO[C@@]12[C@H](COC(N)=O)C3=C(C(=O)C(C)=C(N)C3=O)N1C[C@@H]1N[C@@H]12.OC(CBr)C(O)C(O)C(O)CBr. The molecule has 36 heavy (non-hydrogen) atoms. The van der Waals surface area contributed by atoms with E-state index >= 15 is 0 Å². The van der Waals surface area contributed by atoms with E-state index in [1.807, 2.05) is 4.90 Å². The minimum Gasteiger partial charge on any atom is -0.449 e. The topological polar surface area (TPSA) is 228 Å². The molecule has 2 saturated heterocycles. The van der Waals surface area contributed by atoms with Crippen molar-refractivity contribution in [3.05, 3.63) is 22.5 Å². The van der Waals surface area contributed by atoms with Crippen molar-refractivity contribution < 1.29 is 44.3 Å². The van der Waals surface area contributed by atoms with Crippen molar-refractivity contribution in [2.45, 2.75) is 49.1 Å². The summed E-state index contributed by atoms with van der Waals surface area (Å²) in [6.45, 7) is 1.92. The van der Waals surface area contributed by atoms with E-state index in [4.69, 9.17) is 31.2 Å². The Morgan fingerprint density at radius 2 is 1.72 bits per heavy atom. The molecule has 3 heterocycles. The molecule has 9 N–H and O–H groups in total. The Kier molecular flexibility index (Phi) is 8.88. The smallest absolute Gasteiger partial charge is 0.404 e. The van der Waals surface area contributed by atoms with Crippen LogP contribution in [0, 0.1) is 5.92 Å². The minimum atomic E-state index is -1.34. The van der Waals surface area contributed by atoms with Gasteiger partial charge in [-0.2, -0.15) is 0 Å². The first kappa shape index (κ1) is 29.0. The average Bonchev–Trinajstić information content (AvgIpc) is 3.48. The predicted octanol–water partition coefficient (Wildman–Crippen LogP) is -2.43. The Balaban J connectivity index is 0.000000257. The monoisotopic (exact) mass is 640 g/mol. The van der Waals surface area contributed by atoms with Gasteiger partial charge in [-0.1, -0.05) is 31.9 Å². The third-order valence-corrected chi connectivity index (χ3v) is 8.26. The number of halogens is 2. The van der Waals surface area contributed by atoms with E-state index in [2.05, 4.69) is 37.2 Å². The zero-order chi connectivity index (χ0) is 27.1. The number of fused-ring (bicyclic) bond motifs is 4. The van der Waals surface area contributed by atoms with E-state index in [-0.39, 0.29) is 52.0 Å². The molecule has 8 atom stereocenters.